The minimum Gasteiger partial charge on any atom is -0.497 e. The number of nitrogens with one attached hydrogen (secondary N) is 1. The zero-order valence-corrected chi connectivity index (χ0v) is 16.4. The van der Waals surface area contributed by atoms with E-state index in [1.807, 2.05) is 0 Å². The molecule has 0 saturated carbocycles. The summed E-state index contributed by atoms with van der Waals surface area (Å²) in [6.07, 6.45) is 4.96. The average Bonchev–Trinajstić information content (AvgIpc) is 3.17. The normalized spacial score (nSPS) is 11.5. The van der Waals surface area contributed by atoms with Crippen LogP contribution in [0.1, 0.15) is 32.6 Å². The third kappa shape index (κ3) is 6.07. The van der Waals surface area contributed by atoms with E-state index in [1.165, 1.54) is 35.9 Å². The molecule has 0 atom stereocenters. The van der Waals surface area contributed by atoms with E-state index in [0.717, 1.165) is 19.3 Å². The summed E-state index contributed by atoms with van der Waals surface area (Å²) in [6.45, 7) is 2.05. The van der Waals surface area contributed by atoms with Crippen LogP contribution in [0.25, 0.3) is 0 Å². The van der Waals surface area contributed by atoms with Crippen LogP contribution in [-0.2, 0) is 14.8 Å². The topological polar surface area (TPSA) is 102 Å². The molecule has 0 bridgehead atoms. The zero-order valence-electron chi connectivity index (χ0n) is 15.6. The summed E-state index contributed by atoms with van der Waals surface area (Å²) >= 11 is 0. The fraction of sp³-hybridized carbons (Fsp3) is 0.444. The Morgan fingerprint density at radius 2 is 1.93 bits per heavy atom. The Balaban J connectivity index is 2.14. The number of amides is 1. The van der Waals surface area contributed by atoms with Crippen molar-refractivity contribution in [1.29, 1.82) is 0 Å². The number of ether oxygens (including phenoxy) is 1. The standard InChI is InChI=1S/C18H25N3O5S/c1-3-4-5-6-12-21(14-18(22)19-17-11-13-26-20-17)27(23,24)16-9-7-15(25-2)8-10-16/h7-11,13H,3-6,12,14H2,1-2H3,(H,19,20,22). The van der Waals surface area contributed by atoms with Gasteiger partial charge in [-0.15, -0.1) is 0 Å². The lowest BCUT2D eigenvalue weighted by atomic mass is 10.2. The lowest BCUT2D eigenvalue weighted by Gasteiger charge is -2.21. The molecule has 0 aliphatic heterocycles. The number of hydrogen-bond acceptors (Lipinski definition) is 6. The highest BCUT2D eigenvalue weighted by atomic mass is 32.2. The number of unbranched alkanes of at least 4 members (excludes halogenated alkanes) is 3. The molecule has 0 fully saturated rings. The first kappa shape index (κ1) is 20.9. The van der Waals surface area contributed by atoms with Gasteiger partial charge in [-0.2, -0.15) is 4.31 Å². The van der Waals surface area contributed by atoms with Gasteiger partial charge in [-0.25, -0.2) is 8.42 Å². The van der Waals surface area contributed by atoms with Gasteiger partial charge in [0.15, 0.2) is 5.82 Å². The van der Waals surface area contributed by atoms with Gasteiger partial charge < -0.3 is 14.6 Å². The second kappa shape index (κ2) is 10.1. The van der Waals surface area contributed by atoms with Crippen LogP contribution in [0, 0.1) is 0 Å². The smallest absolute Gasteiger partial charge is 0.243 e. The molecule has 1 N–H and O–H groups in total. The number of methoxy groups -OCH3 is 1. The molecule has 148 valence electrons. The molecule has 2 aromatic rings. The van der Waals surface area contributed by atoms with Crippen molar-refractivity contribution in [1.82, 2.24) is 9.46 Å². The summed E-state index contributed by atoms with van der Waals surface area (Å²) in [4.78, 5) is 12.4. The molecule has 9 heteroatoms. The maximum absolute atomic E-state index is 13.0. The average molecular weight is 395 g/mol. The number of benzene rings is 1. The highest BCUT2D eigenvalue weighted by molar-refractivity contribution is 7.89. The quantitative estimate of drug-likeness (QED) is 0.587. The summed E-state index contributed by atoms with van der Waals surface area (Å²) in [6, 6.07) is 7.60. The Labute approximate surface area is 159 Å². The molecule has 0 radical (unpaired) electrons. The minimum absolute atomic E-state index is 0.119. The van der Waals surface area contributed by atoms with Crippen molar-refractivity contribution >= 4 is 21.7 Å². The largest absolute Gasteiger partial charge is 0.497 e. The Bertz CT molecular complexity index is 804. The molecule has 0 unspecified atom stereocenters. The van der Waals surface area contributed by atoms with E-state index in [-0.39, 0.29) is 23.8 Å². The number of hydrogen-bond donors (Lipinski definition) is 1. The first-order chi connectivity index (χ1) is 13.0. The number of carbonyl (C=O) groups is 1. The maximum Gasteiger partial charge on any atom is 0.243 e. The first-order valence-corrected chi connectivity index (χ1v) is 10.3. The molecule has 1 heterocycles. The van der Waals surface area contributed by atoms with Crippen LogP contribution in [0.5, 0.6) is 5.75 Å². The van der Waals surface area contributed by atoms with Gasteiger partial charge in [-0.05, 0) is 30.7 Å². The number of sulfonamides is 1. The molecule has 1 aromatic carbocycles. The second-order valence-corrected chi connectivity index (χ2v) is 7.95. The molecule has 0 spiro atoms. The van der Waals surface area contributed by atoms with Crippen LogP contribution in [-0.4, -0.2) is 44.0 Å². The van der Waals surface area contributed by atoms with Gasteiger partial charge in [0.2, 0.25) is 15.9 Å². The van der Waals surface area contributed by atoms with Gasteiger partial charge >= 0.3 is 0 Å². The van der Waals surface area contributed by atoms with Crippen molar-refractivity contribution < 1.29 is 22.5 Å². The molecule has 27 heavy (non-hydrogen) atoms. The van der Waals surface area contributed by atoms with Crippen molar-refractivity contribution in [3.05, 3.63) is 36.6 Å². The van der Waals surface area contributed by atoms with Gasteiger partial charge in [0.05, 0.1) is 18.6 Å². The van der Waals surface area contributed by atoms with Gasteiger partial charge in [-0.1, -0.05) is 31.3 Å². The number of carbonyl (C=O) groups excluding carboxylic acids is 1. The molecule has 0 aliphatic rings. The fourth-order valence-corrected chi connectivity index (χ4v) is 3.95. The van der Waals surface area contributed by atoms with E-state index in [9.17, 15) is 13.2 Å². The summed E-state index contributed by atoms with van der Waals surface area (Å²) in [5, 5.41) is 6.13. The molecule has 1 amide bonds. The number of rotatable bonds is 11. The predicted octanol–water partition coefficient (Wildman–Crippen LogP) is 2.89. The zero-order chi connectivity index (χ0) is 19.7. The molecule has 8 nitrogen and oxygen atoms in total. The lowest BCUT2D eigenvalue weighted by molar-refractivity contribution is -0.116. The van der Waals surface area contributed by atoms with Crippen molar-refractivity contribution in [2.24, 2.45) is 0 Å². The summed E-state index contributed by atoms with van der Waals surface area (Å²) in [7, 11) is -2.30. The molecule has 0 saturated heterocycles. The van der Waals surface area contributed by atoms with E-state index < -0.39 is 15.9 Å². The van der Waals surface area contributed by atoms with E-state index in [0.29, 0.717) is 12.2 Å². The van der Waals surface area contributed by atoms with Gasteiger partial charge in [0.25, 0.3) is 0 Å². The number of aromatic nitrogens is 1. The van der Waals surface area contributed by atoms with Gasteiger partial charge in [0, 0.05) is 12.6 Å². The minimum atomic E-state index is -3.81. The van der Waals surface area contributed by atoms with E-state index >= 15 is 0 Å². The van der Waals surface area contributed by atoms with Crippen LogP contribution in [0.2, 0.25) is 0 Å². The summed E-state index contributed by atoms with van der Waals surface area (Å²) in [5.41, 5.74) is 0. The van der Waals surface area contributed by atoms with Crippen molar-refractivity contribution in [2.45, 2.75) is 37.5 Å². The highest BCUT2D eigenvalue weighted by Gasteiger charge is 2.26. The van der Waals surface area contributed by atoms with Crippen molar-refractivity contribution in [3.8, 4) is 5.75 Å². The Morgan fingerprint density at radius 1 is 1.19 bits per heavy atom. The molecule has 2 rings (SSSR count). The summed E-state index contributed by atoms with van der Waals surface area (Å²) < 4.78 is 36.9. The van der Waals surface area contributed by atoms with Crippen LogP contribution in [0.4, 0.5) is 5.82 Å². The number of anilines is 1. The summed E-state index contributed by atoms with van der Waals surface area (Å²) in [5.74, 6) is 0.330. The van der Waals surface area contributed by atoms with E-state index in [4.69, 9.17) is 4.74 Å². The van der Waals surface area contributed by atoms with Crippen molar-refractivity contribution in [3.63, 3.8) is 0 Å². The predicted molar refractivity (Wildman–Crippen MR) is 101 cm³/mol. The molecular weight excluding hydrogens is 370 g/mol. The van der Waals surface area contributed by atoms with Crippen LogP contribution < -0.4 is 10.1 Å². The third-order valence-electron chi connectivity index (χ3n) is 3.98. The van der Waals surface area contributed by atoms with Crippen LogP contribution in [0.3, 0.4) is 0 Å². The Morgan fingerprint density at radius 3 is 2.52 bits per heavy atom. The number of nitrogens with zero attached hydrogens (tertiary/aromatic N) is 2. The SMILES string of the molecule is CCCCCCN(CC(=O)Nc1ccon1)S(=O)(=O)c1ccc(OC)cc1. The van der Waals surface area contributed by atoms with Crippen LogP contribution in [0.15, 0.2) is 46.0 Å². The van der Waals surface area contributed by atoms with Crippen LogP contribution >= 0.6 is 0 Å². The molecule has 0 aliphatic carbocycles. The maximum atomic E-state index is 13.0. The van der Waals surface area contributed by atoms with Crippen molar-refractivity contribution in [2.75, 3.05) is 25.5 Å². The third-order valence-corrected chi connectivity index (χ3v) is 5.84. The second-order valence-electron chi connectivity index (χ2n) is 6.01. The fourth-order valence-electron chi connectivity index (χ4n) is 2.52. The molecule has 1 aromatic heterocycles. The monoisotopic (exact) mass is 395 g/mol. The van der Waals surface area contributed by atoms with Gasteiger partial charge in [0.1, 0.15) is 12.0 Å². The Kier molecular flexibility index (Phi) is 7.81. The van der Waals surface area contributed by atoms with E-state index in [2.05, 4.69) is 21.9 Å². The van der Waals surface area contributed by atoms with E-state index in [1.54, 1.807) is 12.1 Å². The lowest BCUT2D eigenvalue weighted by Crippen LogP contribution is -2.38. The Hall–Kier alpha value is -2.39. The van der Waals surface area contributed by atoms with Gasteiger partial charge in [-0.3, -0.25) is 4.79 Å². The highest BCUT2D eigenvalue weighted by Crippen LogP contribution is 2.20. The molecular formula is C18H25N3O5S. The first-order valence-electron chi connectivity index (χ1n) is 8.81.